The molecule has 24 heavy (non-hydrogen) atoms. The van der Waals surface area contributed by atoms with Crippen molar-refractivity contribution in [1.82, 2.24) is 5.32 Å². The van der Waals surface area contributed by atoms with Crippen LogP contribution >= 0.6 is 24.4 Å². The lowest BCUT2D eigenvalue weighted by molar-refractivity contribution is 0.298. The van der Waals surface area contributed by atoms with Crippen molar-refractivity contribution in [1.29, 1.82) is 0 Å². The molecule has 0 amide bonds. The molecule has 1 nitrogen and oxygen atoms in total. The van der Waals surface area contributed by atoms with E-state index in [2.05, 4.69) is 80.3 Å². The molecule has 2 aromatic carbocycles. The van der Waals surface area contributed by atoms with Gasteiger partial charge in [0.1, 0.15) is 0 Å². The van der Waals surface area contributed by atoms with Gasteiger partial charge in [-0.25, -0.2) is 0 Å². The van der Waals surface area contributed by atoms with Crippen LogP contribution < -0.4 is 5.32 Å². The van der Waals surface area contributed by atoms with Gasteiger partial charge >= 0.3 is 0 Å². The summed E-state index contributed by atoms with van der Waals surface area (Å²) in [5.41, 5.74) is 2.93. The Kier molecular flexibility index (Phi) is 5.96. The predicted octanol–water partition coefficient (Wildman–Crippen LogP) is 6.10. The van der Waals surface area contributed by atoms with Crippen molar-refractivity contribution < 1.29 is 0 Å². The van der Waals surface area contributed by atoms with Crippen LogP contribution in [0.1, 0.15) is 56.7 Å². The Morgan fingerprint density at radius 1 is 1.17 bits per heavy atom. The van der Waals surface area contributed by atoms with Crippen molar-refractivity contribution in [2.45, 2.75) is 60.9 Å². The number of thiol groups is 1. The topological polar surface area (TPSA) is 12.0 Å². The van der Waals surface area contributed by atoms with Gasteiger partial charge in [0.05, 0.1) is 6.04 Å². The summed E-state index contributed by atoms with van der Waals surface area (Å²) in [4.78, 5) is 2.42. The van der Waals surface area contributed by atoms with Crippen molar-refractivity contribution in [2.24, 2.45) is 0 Å². The number of thioether (sulfide) groups is 1. The van der Waals surface area contributed by atoms with Crippen molar-refractivity contribution in [3.05, 3.63) is 59.7 Å². The van der Waals surface area contributed by atoms with E-state index in [0.29, 0.717) is 0 Å². The number of benzene rings is 2. The fourth-order valence-electron chi connectivity index (χ4n) is 3.48. The van der Waals surface area contributed by atoms with Crippen LogP contribution in [-0.4, -0.2) is 11.3 Å². The van der Waals surface area contributed by atoms with Gasteiger partial charge in [-0.1, -0.05) is 63.1 Å². The molecule has 1 heterocycles. The van der Waals surface area contributed by atoms with Gasteiger partial charge in [-0.3, -0.25) is 5.32 Å². The molecule has 0 saturated carbocycles. The largest absolute Gasteiger partial charge is 0.300 e. The van der Waals surface area contributed by atoms with Gasteiger partial charge in [-0.05, 0) is 36.1 Å². The zero-order valence-corrected chi connectivity index (χ0v) is 16.3. The Morgan fingerprint density at radius 2 is 1.96 bits per heavy atom. The number of unbranched alkanes of at least 4 members (excludes halogenated alkanes) is 1. The van der Waals surface area contributed by atoms with Crippen LogP contribution in [0.25, 0.3) is 0 Å². The molecule has 2 aromatic rings. The number of nitrogens with one attached hydrogen (secondary N) is 1. The lowest BCUT2D eigenvalue weighted by atomic mass is 9.88. The summed E-state index contributed by atoms with van der Waals surface area (Å²) in [5, 5.41) is 4.06. The normalized spacial score (nSPS) is 23.5. The molecule has 0 saturated heterocycles. The van der Waals surface area contributed by atoms with E-state index in [1.807, 2.05) is 11.8 Å². The average molecular weight is 358 g/mol. The molecule has 2 atom stereocenters. The number of hydrogen-bond acceptors (Lipinski definition) is 3. The van der Waals surface area contributed by atoms with Gasteiger partial charge < -0.3 is 0 Å². The smallest absolute Gasteiger partial charge is 0.0592 e. The third-order valence-corrected chi connectivity index (χ3v) is 6.72. The van der Waals surface area contributed by atoms with Crippen molar-refractivity contribution in [3.63, 3.8) is 0 Å². The molecule has 0 fully saturated rings. The zero-order chi connectivity index (χ0) is 17.0. The second kappa shape index (κ2) is 7.99. The number of hydrogen-bond donors (Lipinski definition) is 2. The maximum atomic E-state index is 4.56. The zero-order valence-electron chi connectivity index (χ0n) is 14.6. The predicted molar refractivity (Wildman–Crippen MR) is 108 cm³/mol. The highest BCUT2D eigenvalue weighted by Crippen LogP contribution is 2.41. The van der Waals surface area contributed by atoms with Gasteiger partial charge in [-0.15, -0.1) is 24.4 Å². The minimum atomic E-state index is 0.191. The molecule has 1 aliphatic heterocycles. The molecule has 128 valence electrons. The molecule has 3 heteroatoms. The molecule has 1 N–H and O–H groups in total. The monoisotopic (exact) mass is 357 g/mol. The molecular weight excluding hydrogens is 330 g/mol. The standard InChI is InChI=1S/C21H27NS2/c1-3-5-13-21(4-2)15-24-19-14-17(23)11-12-18(19)20(22-21)16-9-7-6-8-10-16/h6-12,14,20,22-23H,3-5,13,15H2,1-2H3/t20-,21+/m0/s1. The van der Waals surface area contributed by atoms with Crippen LogP contribution in [0.4, 0.5) is 0 Å². The lowest BCUT2D eigenvalue weighted by Gasteiger charge is -2.36. The molecule has 0 bridgehead atoms. The average Bonchev–Trinajstić information content (AvgIpc) is 2.78. The first kappa shape index (κ1) is 17.9. The third kappa shape index (κ3) is 3.84. The fourth-order valence-corrected chi connectivity index (χ4v) is 5.19. The van der Waals surface area contributed by atoms with Crippen molar-refractivity contribution in [2.75, 3.05) is 5.75 Å². The van der Waals surface area contributed by atoms with Crippen LogP contribution in [0, 0.1) is 0 Å². The first-order valence-electron chi connectivity index (χ1n) is 8.96. The van der Waals surface area contributed by atoms with E-state index in [1.165, 1.54) is 35.3 Å². The minimum absolute atomic E-state index is 0.191. The molecule has 0 aliphatic carbocycles. The second-order valence-electron chi connectivity index (χ2n) is 6.74. The molecule has 3 rings (SSSR count). The highest BCUT2D eigenvalue weighted by atomic mass is 32.2. The Balaban J connectivity index is 2.04. The van der Waals surface area contributed by atoms with E-state index in [1.54, 1.807) is 0 Å². The van der Waals surface area contributed by atoms with E-state index in [-0.39, 0.29) is 11.6 Å². The first-order chi connectivity index (χ1) is 11.7. The maximum Gasteiger partial charge on any atom is 0.0592 e. The molecule has 0 radical (unpaired) electrons. The SMILES string of the molecule is CCCC[C@]1(CC)CSc2cc(S)ccc2[C@H](c2ccccc2)N1. The van der Waals surface area contributed by atoms with Gasteiger partial charge in [0.25, 0.3) is 0 Å². The summed E-state index contributed by atoms with van der Waals surface area (Å²) in [6, 6.07) is 17.7. The Hall–Kier alpha value is -0.900. The first-order valence-corrected chi connectivity index (χ1v) is 10.4. The summed E-state index contributed by atoms with van der Waals surface area (Å²) in [7, 11) is 0. The van der Waals surface area contributed by atoms with Crippen LogP contribution in [0.3, 0.4) is 0 Å². The summed E-state index contributed by atoms with van der Waals surface area (Å²) < 4.78 is 0. The van der Waals surface area contributed by atoms with Crippen LogP contribution in [-0.2, 0) is 0 Å². The summed E-state index contributed by atoms with van der Waals surface area (Å²) >= 11 is 6.55. The van der Waals surface area contributed by atoms with E-state index in [4.69, 9.17) is 0 Å². The highest BCUT2D eigenvalue weighted by Gasteiger charge is 2.35. The fraction of sp³-hybridized carbons (Fsp3) is 0.429. The molecule has 0 unspecified atom stereocenters. The van der Waals surface area contributed by atoms with Gasteiger partial charge in [-0.2, -0.15) is 0 Å². The molecule has 1 aliphatic rings. The van der Waals surface area contributed by atoms with Crippen LogP contribution in [0.2, 0.25) is 0 Å². The molecular formula is C21H27NS2. The Morgan fingerprint density at radius 3 is 2.67 bits per heavy atom. The third-order valence-electron chi connectivity index (χ3n) is 5.08. The van der Waals surface area contributed by atoms with E-state index in [9.17, 15) is 0 Å². The lowest BCUT2D eigenvalue weighted by Crippen LogP contribution is -2.48. The Bertz CT molecular complexity index is 671. The highest BCUT2D eigenvalue weighted by molar-refractivity contribution is 7.99. The maximum absolute atomic E-state index is 4.56. The summed E-state index contributed by atoms with van der Waals surface area (Å²) in [5.74, 6) is 1.12. The summed E-state index contributed by atoms with van der Waals surface area (Å²) in [6.45, 7) is 4.61. The van der Waals surface area contributed by atoms with Crippen molar-refractivity contribution >= 4 is 24.4 Å². The second-order valence-corrected chi connectivity index (χ2v) is 8.27. The number of fused-ring (bicyclic) bond motifs is 1. The Labute approximate surface area is 156 Å². The van der Waals surface area contributed by atoms with Gasteiger partial charge in [0.15, 0.2) is 0 Å². The van der Waals surface area contributed by atoms with Crippen molar-refractivity contribution in [3.8, 4) is 0 Å². The van der Waals surface area contributed by atoms with E-state index < -0.39 is 0 Å². The summed E-state index contributed by atoms with van der Waals surface area (Å²) in [6.07, 6.45) is 4.91. The quantitative estimate of drug-likeness (QED) is 0.627. The van der Waals surface area contributed by atoms with Gasteiger partial charge in [0.2, 0.25) is 0 Å². The van der Waals surface area contributed by atoms with E-state index in [0.717, 1.165) is 17.1 Å². The number of rotatable bonds is 5. The van der Waals surface area contributed by atoms with Crippen LogP contribution in [0.5, 0.6) is 0 Å². The minimum Gasteiger partial charge on any atom is -0.300 e. The van der Waals surface area contributed by atoms with E-state index >= 15 is 0 Å². The molecule has 0 spiro atoms. The van der Waals surface area contributed by atoms with Gasteiger partial charge in [0, 0.05) is 21.1 Å². The molecule has 0 aromatic heterocycles. The van der Waals surface area contributed by atoms with Crippen LogP contribution in [0.15, 0.2) is 58.3 Å².